The zero-order valence-corrected chi connectivity index (χ0v) is 19.1. The Kier molecular flexibility index (Phi) is 6.66. The monoisotopic (exact) mass is 478 g/mol. The minimum absolute atomic E-state index is 0.0450. The Bertz CT molecular complexity index is 1400. The summed E-state index contributed by atoms with van der Waals surface area (Å²) < 4.78 is 29.7. The number of carbonyl (C=O) groups excluding carboxylic acids is 1. The number of sulfonamides is 1. The van der Waals surface area contributed by atoms with Gasteiger partial charge in [-0.3, -0.25) is 4.79 Å². The van der Waals surface area contributed by atoms with Crippen molar-refractivity contribution in [2.45, 2.75) is 11.3 Å². The van der Waals surface area contributed by atoms with E-state index < -0.39 is 10.0 Å². The zero-order valence-electron chi connectivity index (χ0n) is 18.2. The molecule has 1 heterocycles. The first-order valence-corrected chi connectivity index (χ1v) is 11.8. The van der Waals surface area contributed by atoms with Crippen LogP contribution in [0.4, 0.5) is 0 Å². The van der Waals surface area contributed by atoms with Crippen LogP contribution in [0.3, 0.4) is 0 Å². The SMILES string of the molecule is COc1ccccc1-c1cc(C(=O)NCCc2ccc(S(N)(=O)=O)cc2)cc(-n2cnnn2)c1. The van der Waals surface area contributed by atoms with E-state index in [1.807, 2.05) is 30.3 Å². The predicted octanol–water partition coefficient (Wildman–Crippen LogP) is 1.96. The average molecular weight is 479 g/mol. The molecular weight excluding hydrogens is 456 g/mol. The summed E-state index contributed by atoms with van der Waals surface area (Å²) in [6.07, 6.45) is 1.97. The summed E-state index contributed by atoms with van der Waals surface area (Å²) in [4.78, 5) is 13.0. The molecule has 3 N–H and O–H groups in total. The van der Waals surface area contributed by atoms with E-state index in [9.17, 15) is 13.2 Å². The third-order valence-electron chi connectivity index (χ3n) is 5.16. The van der Waals surface area contributed by atoms with Gasteiger partial charge in [0, 0.05) is 17.7 Å². The maximum Gasteiger partial charge on any atom is 0.251 e. The molecule has 0 aliphatic carbocycles. The minimum Gasteiger partial charge on any atom is -0.496 e. The van der Waals surface area contributed by atoms with Gasteiger partial charge in [-0.25, -0.2) is 18.2 Å². The number of nitrogens with one attached hydrogen (secondary N) is 1. The first-order valence-electron chi connectivity index (χ1n) is 10.3. The van der Waals surface area contributed by atoms with Gasteiger partial charge in [0.05, 0.1) is 17.7 Å². The highest BCUT2D eigenvalue weighted by Gasteiger charge is 2.14. The fraction of sp³-hybridized carbons (Fsp3) is 0.130. The molecule has 1 amide bonds. The molecule has 11 heteroatoms. The van der Waals surface area contributed by atoms with Crippen molar-refractivity contribution in [3.63, 3.8) is 0 Å². The van der Waals surface area contributed by atoms with Crippen LogP contribution in [0.15, 0.2) is 78.0 Å². The van der Waals surface area contributed by atoms with Gasteiger partial charge in [0.2, 0.25) is 10.0 Å². The summed E-state index contributed by atoms with van der Waals surface area (Å²) in [5, 5.41) is 19.3. The highest BCUT2D eigenvalue weighted by atomic mass is 32.2. The second-order valence-corrected chi connectivity index (χ2v) is 8.98. The quantitative estimate of drug-likeness (QED) is 0.394. The third-order valence-corrected chi connectivity index (χ3v) is 6.09. The van der Waals surface area contributed by atoms with Gasteiger partial charge < -0.3 is 10.1 Å². The third kappa shape index (κ3) is 5.27. The molecule has 34 heavy (non-hydrogen) atoms. The molecule has 4 aromatic rings. The highest BCUT2D eigenvalue weighted by molar-refractivity contribution is 7.89. The van der Waals surface area contributed by atoms with Crippen LogP contribution >= 0.6 is 0 Å². The molecule has 174 valence electrons. The number of primary sulfonamides is 1. The number of ether oxygens (including phenoxy) is 1. The average Bonchev–Trinajstić information content (AvgIpc) is 3.38. The second-order valence-electron chi connectivity index (χ2n) is 7.42. The molecule has 10 nitrogen and oxygen atoms in total. The molecule has 1 aromatic heterocycles. The molecule has 0 atom stereocenters. The normalized spacial score (nSPS) is 11.2. The van der Waals surface area contributed by atoms with Crippen molar-refractivity contribution in [2.75, 3.05) is 13.7 Å². The van der Waals surface area contributed by atoms with Crippen molar-refractivity contribution in [3.8, 4) is 22.6 Å². The number of carbonyl (C=O) groups is 1. The summed E-state index contributed by atoms with van der Waals surface area (Å²) in [5.41, 5.74) is 3.51. The largest absolute Gasteiger partial charge is 0.496 e. The standard InChI is InChI=1S/C23H22N6O4S/c1-33-22-5-3-2-4-21(22)17-12-18(14-19(13-17)29-15-26-27-28-29)23(30)25-11-10-16-6-8-20(9-7-16)34(24,31)32/h2-9,12-15H,10-11H2,1H3,(H,25,30)(H2,24,31,32). The van der Waals surface area contributed by atoms with Crippen LogP contribution < -0.4 is 15.2 Å². The molecule has 0 aliphatic rings. The van der Waals surface area contributed by atoms with Crippen LogP contribution in [0.1, 0.15) is 15.9 Å². The molecular formula is C23H22N6O4S. The number of hydrogen-bond donors (Lipinski definition) is 2. The summed E-state index contributed by atoms with van der Waals surface area (Å²) in [6, 6.07) is 19.1. The fourth-order valence-corrected chi connectivity index (χ4v) is 3.98. The maximum atomic E-state index is 13.0. The Labute approximate surface area is 196 Å². The number of amides is 1. The van der Waals surface area contributed by atoms with E-state index in [-0.39, 0.29) is 10.8 Å². The van der Waals surface area contributed by atoms with Crippen LogP contribution in [0.2, 0.25) is 0 Å². The Hall–Kier alpha value is -4.09. The lowest BCUT2D eigenvalue weighted by molar-refractivity contribution is 0.0954. The van der Waals surface area contributed by atoms with Crippen molar-refractivity contribution in [2.24, 2.45) is 5.14 Å². The fourth-order valence-electron chi connectivity index (χ4n) is 3.46. The minimum atomic E-state index is -3.74. The molecule has 0 bridgehead atoms. The number of aromatic nitrogens is 4. The van der Waals surface area contributed by atoms with E-state index in [0.29, 0.717) is 30.0 Å². The predicted molar refractivity (Wildman–Crippen MR) is 125 cm³/mol. The molecule has 0 unspecified atom stereocenters. The van der Waals surface area contributed by atoms with Gasteiger partial charge in [-0.15, -0.1) is 5.10 Å². The molecule has 0 fully saturated rings. The molecule has 0 radical (unpaired) electrons. The first kappa shape index (κ1) is 23.1. The lowest BCUT2D eigenvalue weighted by Gasteiger charge is -2.13. The number of nitrogens with zero attached hydrogens (tertiary/aromatic N) is 4. The lowest BCUT2D eigenvalue weighted by Crippen LogP contribution is -2.26. The van der Waals surface area contributed by atoms with E-state index in [1.54, 1.807) is 31.4 Å². The molecule has 3 aromatic carbocycles. The van der Waals surface area contributed by atoms with Gasteiger partial charge in [0.1, 0.15) is 12.1 Å². The summed E-state index contributed by atoms with van der Waals surface area (Å²) >= 11 is 0. The van der Waals surface area contributed by atoms with Crippen molar-refractivity contribution in [1.82, 2.24) is 25.5 Å². The van der Waals surface area contributed by atoms with E-state index in [1.165, 1.54) is 23.1 Å². The molecule has 4 rings (SSSR count). The van der Waals surface area contributed by atoms with Crippen LogP contribution in [-0.4, -0.2) is 48.2 Å². The highest BCUT2D eigenvalue weighted by Crippen LogP contribution is 2.31. The van der Waals surface area contributed by atoms with Gasteiger partial charge in [0.25, 0.3) is 5.91 Å². The summed E-state index contributed by atoms with van der Waals surface area (Å²) in [7, 11) is -2.15. The number of tetrazole rings is 1. The van der Waals surface area contributed by atoms with E-state index in [4.69, 9.17) is 9.88 Å². The smallest absolute Gasteiger partial charge is 0.251 e. The number of rotatable bonds is 8. The Morgan fingerprint density at radius 1 is 1.09 bits per heavy atom. The van der Waals surface area contributed by atoms with E-state index in [2.05, 4.69) is 20.8 Å². The van der Waals surface area contributed by atoms with Crippen LogP contribution in [0, 0.1) is 0 Å². The molecule has 0 aliphatic heterocycles. The summed E-state index contributed by atoms with van der Waals surface area (Å²) in [5.74, 6) is 0.401. The first-order chi connectivity index (χ1) is 16.3. The van der Waals surface area contributed by atoms with Gasteiger partial charge in [-0.2, -0.15) is 0 Å². The van der Waals surface area contributed by atoms with Gasteiger partial charge >= 0.3 is 0 Å². The zero-order chi connectivity index (χ0) is 24.1. The summed E-state index contributed by atoms with van der Waals surface area (Å²) in [6.45, 7) is 0.354. The van der Waals surface area contributed by atoms with Crippen molar-refractivity contribution in [1.29, 1.82) is 0 Å². The molecule has 0 saturated heterocycles. The van der Waals surface area contributed by atoms with Crippen LogP contribution in [0.5, 0.6) is 5.75 Å². The molecule has 0 saturated carbocycles. The number of hydrogen-bond acceptors (Lipinski definition) is 7. The van der Waals surface area contributed by atoms with Gasteiger partial charge in [-0.05, 0) is 64.4 Å². The van der Waals surface area contributed by atoms with E-state index in [0.717, 1.165) is 16.7 Å². The lowest BCUT2D eigenvalue weighted by atomic mass is 10.0. The number of nitrogens with two attached hydrogens (primary N) is 1. The Morgan fingerprint density at radius 3 is 2.53 bits per heavy atom. The van der Waals surface area contributed by atoms with Crippen LogP contribution in [-0.2, 0) is 16.4 Å². The van der Waals surface area contributed by atoms with Crippen LogP contribution in [0.25, 0.3) is 16.8 Å². The molecule has 0 spiro atoms. The number of benzene rings is 3. The maximum absolute atomic E-state index is 13.0. The second kappa shape index (κ2) is 9.81. The van der Waals surface area contributed by atoms with Crippen molar-refractivity contribution >= 4 is 15.9 Å². The van der Waals surface area contributed by atoms with Gasteiger partial charge in [-0.1, -0.05) is 30.3 Å². The number of para-hydroxylation sites is 1. The van der Waals surface area contributed by atoms with E-state index >= 15 is 0 Å². The van der Waals surface area contributed by atoms with Gasteiger partial charge in [0.15, 0.2) is 0 Å². The Balaban J connectivity index is 1.55. The van der Waals surface area contributed by atoms with Crippen molar-refractivity contribution in [3.05, 3.63) is 84.2 Å². The number of methoxy groups -OCH3 is 1. The Morgan fingerprint density at radius 2 is 1.85 bits per heavy atom. The topological polar surface area (TPSA) is 142 Å². The van der Waals surface area contributed by atoms with Crippen molar-refractivity contribution < 1.29 is 17.9 Å².